The number of carbonyl (C=O) groups excluding carboxylic acids is 1. The molecule has 164 valence electrons. The zero-order chi connectivity index (χ0) is 22.4. The summed E-state index contributed by atoms with van der Waals surface area (Å²) in [6.45, 7) is 0.376. The van der Waals surface area contributed by atoms with E-state index in [4.69, 9.17) is 17.2 Å². The van der Waals surface area contributed by atoms with E-state index in [9.17, 15) is 14.7 Å². The number of carboxylic acid groups (broad SMARTS) is 1. The fraction of sp³-hybridized carbons (Fsp3) is 0.333. The van der Waals surface area contributed by atoms with Crippen LogP contribution in [0.5, 0.6) is 0 Å². The van der Waals surface area contributed by atoms with E-state index < -0.39 is 17.9 Å². The van der Waals surface area contributed by atoms with Crippen molar-refractivity contribution in [2.45, 2.75) is 38.1 Å². The number of aryl methyl sites for hydroxylation is 2. The Morgan fingerprint density at radius 1 is 1.10 bits per heavy atom. The Labute approximate surface area is 179 Å². The molecule has 10 heteroatoms. The summed E-state index contributed by atoms with van der Waals surface area (Å²) in [6.07, 6.45) is 5.14. The molecule has 1 aromatic carbocycles. The van der Waals surface area contributed by atoms with Crippen molar-refractivity contribution in [3.8, 4) is 0 Å². The Balaban J connectivity index is 1.56. The van der Waals surface area contributed by atoms with E-state index in [0.29, 0.717) is 36.4 Å². The molecule has 0 fully saturated rings. The van der Waals surface area contributed by atoms with Gasteiger partial charge in [-0.15, -0.1) is 0 Å². The third-order valence-corrected chi connectivity index (χ3v) is 5.09. The Morgan fingerprint density at radius 2 is 1.84 bits per heavy atom. The molecule has 2 aromatic heterocycles. The summed E-state index contributed by atoms with van der Waals surface area (Å²) in [5, 5.41) is 12.6. The minimum Gasteiger partial charge on any atom is -0.480 e. The number of nitrogens with zero attached hydrogens (tertiary/aromatic N) is 2. The molecule has 9 N–H and O–H groups in total. The van der Waals surface area contributed by atoms with Gasteiger partial charge in [0.1, 0.15) is 17.5 Å². The van der Waals surface area contributed by atoms with Crippen LogP contribution in [0.25, 0.3) is 11.0 Å². The maximum Gasteiger partial charge on any atom is 0.326 e. The largest absolute Gasteiger partial charge is 0.480 e. The molecule has 0 spiro atoms. The molecular formula is C21H27N7O3. The smallest absolute Gasteiger partial charge is 0.326 e. The van der Waals surface area contributed by atoms with Gasteiger partial charge >= 0.3 is 5.97 Å². The maximum absolute atomic E-state index is 12.3. The van der Waals surface area contributed by atoms with E-state index in [1.54, 1.807) is 12.1 Å². The summed E-state index contributed by atoms with van der Waals surface area (Å²) in [5.41, 5.74) is 20.2. The van der Waals surface area contributed by atoms with Crippen LogP contribution in [0.15, 0.2) is 30.5 Å². The quantitative estimate of drug-likeness (QED) is 0.280. The van der Waals surface area contributed by atoms with Crippen molar-refractivity contribution in [2.75, 3.05) is 18.0 Å². The second-order valence-corrected chi connectivity index (χ2v) is 7.35. The number of benzene rings is 1. The number of H-pyrrole nitrogens is 1. The zero-order valence-electron chi connectivity index (χ0n) is 17.1. The summed E-state index contributed by atoms with van der Waals surface area (Å²) < 4.78 is 0. The summed E-state index contributed by atoms with van der Waals surface area (Å²) in [4.78, 5) is 34.9. The number of carboxylic acids is 1. The Hall–Kier alpha value is -3.66. The van der Waals surface area contributed by atoms with E-state index >= 15 is 0 Å². The van der Waals surface area contributed by atoms with Gasteiger partial charge in [0.25, 0.3) is 5.91 Å². The van der Waals surface area contributed by atoms with Crippen LogP contribution < -0.4 is 22.5 Å². The van der Waals surface area contributed by atoms with Gasteiger partial charge in [0.2, 0.25) is 5.95 Å². The third-order valence-electron chi connectivity index (χ3n) is 5.09. The van der Waals surface area contributed by atoms with Gasteiger partial charge in [-0.3, -0.25) is 4.79 Å². The first-order valence-corrected chi connectivity index (χ1v) is 10.1. The van der Waals surface area contributed by atoms with E-state index in [1.807, 2.05) is 18.3 Å². The first kappa shape index (κ1) is 22.0. The lowest BCUT2D eigenvalue weighted by molar-refractivity contribution is -0.139. The van der Waals surface area contributed by atoms with Gasteiger partial charge in [-0.25, -0.2) is 4.79 Å². The summed E-state index contributed by atoms with van der Waals surface area (Å²) in [7, 11) is 0. The van der Waals surface area contributed by atoms with Crippen LogP contribution in [-0.2, 0) is 17.6 Å². The molecule has 3 rings (SSSR count). The normalized spacial score (nSPS) is 12.0. The molecule has 3 aromatic rings. The van der Waals surface area contributed by atoms with Crippen molar-refractivity contribution in [2.24, 2.45) is 5.73 Å². The lowest BCUT2D eigenvalue weighted by Crippen LogP contribution is -2.41. The molecule has 2 heterocycles. The van der Waals surface area contributed by atoms with Crippen molar-refractivity contribution in [3.63, 3.8) is 0 Å². The van der Waals surface area contributed by atoms with Crippen LogP contribution in [0, 0.1) is 0 Å². The Kier molecular flexibility index (Phi) is 7.03. The highest BCUT2D eigenvalue weighted by Crippen LogP contribution is 2.24. The molecule has 0 saturated carbocycles. The molecule has 0 radical (unpaired) electrons. The highest BCUT2D eigenvalue weighted by molar-refractivity contribution is 5.96. The van der Waals surface area contributed by atoms with Crippen molar-refractivity contribution < 1.29 is 14.7 Å². The number of hydrogen-bond donors (Lipinski definition) is 6. The standard InChI is InChI=1S/C21H27N7O3/c22-10-2-5-15(20(30)31)26-19(29)13-8-6-12(7-9-13)3-1-4-14-11-25-18-16(14)17(23)27-21(24)28-18/h6-9,11,15H,1-5,10,22H2,(H,26,29)(H,30,31)(H5,23,24,25,27,28)/t15-/m0/s1. The fourth-order valence-electron chi connectivity index (χ4n) is 3.47. The van der Waals surface area contributed by atoms with Gasteiger partial charge in [-0.2, -0.15) is 9.97 Å². The summed E-state index contributed by atoms with van der Waals surface area (Å²) in [5.74, 6) is -0.981. The molecule has 1 amide bonds. The topological polar surface area (TPSA) is 186 Å². The SMILES string of the molecule is NCCC[C@H](NC(=O)c1ccc(CCCc2c[nH]c3nc(N)nc(N)c23)cc1)C(=O)O. The molecule has 1 atom stereocenters. The van der Waals surface area contributed by atoms with E-state index in [1.165, 1.54) is 0 Å². The molecule has 0 bridgehead atoms. The minimum absolute atomic E-state index is 0.136. The lowest BCUT2D eigenvalue weighted by atomic mass is 10.0. The number of aromatic nitrogens is 3. The molecule has 10 nitrogen and oxygen atoms in total. The molecule has 0 aliphatic carbocycles. The number of anilines is 2. The van der Waals surface area contributed by atoms with Gasteiger partial charge in [0, 0.05) is 11.8 Å². The number of hydrogen-bond acceptors (Lipinski definition) is 7. The Bertz CT molecular complexity index is 1060. The van der Waals surface area contributed by atoms with Crippen LogP contribution >= 0.6 is 0 Å². The van der Waals surface area contributed by atoms with Gasteiger partial charge < -0.3 is 32.6 Å². The number of fused-ring (bicyclic) bond motifs is 1. The summed E-state index contributed by atoms with van der Waals surface area (Å²) >= 11 is 0. The second kappa shape index (κ2) is 9.90. The molecular weight excluding hydrogens is 398 g/mol. The predicted molar refractivity (Wildman–Crippen MR) is 118 cm³/mol. The van der Waals surface area contributed by atoms with Crippen LogP contribution in [0.1, 0.15) is 40.7 Å². The van der Waals surface area contributed by atoms with Crippen LogP contribution in [-0.4, -0.2) is 44.5 Å². The first-order chi connectivity index (χ1) is 14.9. The average molecular weight is 425 g/mol. The molecule has 0 saturated heterocycles. The minimum atomic E-state index is -1.07. The number of carbonyl (C=O) groups is 2. The van der Waals surface area contributed by atoms with Crippen molar-refractivity contribution >= 4 is 34.7 Å². The first-order valence-electron chi connectivity index (χ1n) is 10.1. The van der Waals surface area contributed by atoms with Gasteiger partial charge in [0.05, 0.1) is 5.39 Å². The average Bonchev–Trinajstić information content (AvgIpc) is 3.14. The third kappa shape index (κ3) is 5.48. The van der Waals surface area contributed by atoms with Crippen molar-refractivity contribution in [3.05, 3.63) is 47.2 Å². The van der Waals surface area contributed by atoms with Gasteiger partial charge in [-0.05, 0) is 61.9 Å². The van der Waals surface area contributed by atoms with Gasteiger partial charge in [-0.1, -0.05) is 12.1 Å². The Morgan fingerprint density at radius 3 is 2.52 bits per heavy atom. The van der Waals surface area contributed by atoms with Crippen molar-refractivity contribution in [1.29, 1.82) is 0 Å². The number of aliphatic carboxylic acids is 1. The maximum atomic E-state index is 12.3. The number of aromatic amines is 1. The number of amides is 1. The highest BCUT2D eigenvalue weighted by Gasteiger charge is 2.20. The van der Waals surface area contributed by atoms with Crippen LogP contribution in [0.2, 0.25) is 0 Å². The van der Waals surface area contributed by atoms with E-state index in [-0.39, 0.29) is 5.95 Å². The number of nitrogens with one attached hydrogen (secondary N) is 2. The lowest BCUT2D eigenvalue weighted by Gasteiger charge is -2.14. The summed E-state index contributed by atoms with van der Waals surface area (Å²) in [6, 6.07) is 6.20. The monoisotopic (exact) mass is 425 g/mol. The van der Waals surface area contributed by atoms with E-state index in [2.05, 4.69) is 20.3 Å². The molecule has 31 heavy (non-hydrogen) atoms. The fourth-order valence-corrected chi connectivity index (χ4v) is 3.47. The predicted octanol–water partition coefficient (Wildman–Crippen LogP) is 1.22. The van der Waals surface area contributed by atoms with E-state index in [0.717, 1.165) is 35.8 Å². The molecule has 0 aliphatic rings. The molecule has 0 unspecified atom stereocenters. The number of nitrogens with two attached hydrogens (primary N) is 3. The van der Waals surface area contributed by atoms with Crippen molar-refractivity contribution in [1.82, 2.24) is 20.3 Å². The highest BCUT2D eigenvalue weighted by atomic mass is 16.4. The van der Waals surface area contributed by atoms with Crippen LogP contribution in [0.4, 0.5) is 11.8 Å². The van der Waals surface area contributed by atoms with Gasteiger partial charge in [0.15, 0.2) is 0 Å². The number of nitrogen functional groups attached to an aromatic ring is 2. The second-order valence-electron chi connectivity index (χ2n) is 7.35. The zero-order valence-corrected chi connectivity index (χ0v) is 17.1. The number of rotatable bonds is 10. The molecule has 0 aliphatic heterocycles. The van der Waals surface area contributed by atoms with Crippen LogP contribution in [0.3, 0.4) is 0 Å².